The summed E-state index contributed by atoms with van der Waals surface area (Å²) in [5.41, 5.74) is 2.62. The number of rotatable bonds is 7. The SMILES string of the molecule is COc1ccccc1NC(=O)/C=C/c1cccc(OCc2ccccc2)c1. The first-order valence-electron chi connectivity index (χ1n) is 8.63. The largest absolute Gasteiger partial charge is 0.495 e. The lowest BCUT2D eigenvalue weighted by Gasteiger charge is -2.08. The first-order chi connectivity index (χ1) is 13.2. The number of methoxy groups -OCH3 is 1. The van der Waals surface area contributed by atoms with Gasteiger partial charge in [-0.05, 0) is 41.5 Å². The second-order valence-electron chi connectivity index (χ2n) is 5.87. The average Bonchev–Trinajstić information content (AvgIpc) is 2.72. The van der Waals surface area contributed by atoms with Crippen molar-refractivity contribution in [3.8, 4) is 11.5 Å². The standard InChI is InChI=1S/C23H21NO3/c1-26-22-13-6-5-12-21(22)24-23(25)15-14-18-10-7-11-20(16-18)27-17-19-8-3-2-4-9-19/h2-16H,17H2,1H3,(H,24,25)/b15-14+. The molecule has 3 rings (SSSR count). The van der Waals surface area contributed by atoms with Crippen molar-refractivity contribution in [2.45, 2.75) is 6.61 Å². The third kappa shape index (κ3) is 5.47. The van der Waals surface area contributed by atoms with E-state index in [4.69, 9.17) is 9.47 Å². The maximum atomic E-state index is 12.2. The number of hydrogen-bond donors (Lipinski definition) is 1. The molecular weight excluding hydrogens is 338 g/mol. The Balaban J connectivity index is 1.60. The zero-order chi connectivity index (χ0) is 18.9. The van der Waals surface area contributed by atoms with E-state index in [1.165, 1.54) is 6.08 Å². The Morgan fingerprint density at radius 2 is 1.74 bits per heavy atom. The molecule has 0 aliphatic carbocycles. The molecule has 3 aromatic rings. The van der Waals surface area contributed by atoms with E-state index in [0.29, 0.717) is 18.0 Å². The van der Waals surface area contributed by atoms with Crippen LogP contribution >= 0.6 is 0 Å². The van der Waals surface area contributed by atoms with Crippen molar-refractivity contribution in [1.29, 1.82) is 0 Å². The van der Waals surface area contributed by atoms with Crippen LogP contribution in [0.2, 0.25) is 0 Å². The molecule has 1 N–H and O–H groups in total. The second-order valence-corrected chi connectivity index (χ2v) is 5.87. The van der Waals surface area contributed by atoms with Gasteiger partial charge >= 0.3 is 0 Å². The van der Waals surface area contributed by atoms with Crippen LogP contribution in [-0.4, -0.2) is 13.0 Å². The summed E-state index contributed by atoms with van der Waals surface area (Å²) < 4.78 is 11.0. The van der Waals surface area contributed by atoms with Crippen LogP contribution in [0.4, 0.5) is 5.69 Å². The van der Waals surface area contributed by atoms with E-state index in [2.05, 4.69) is 5.32 Å². The van der Waals surface area contributed by atoms with Crippen molar-refractivity contribution >= 4 is 17.7 Å². The van der Waals surface area contributed by atoms with Gasteiger partial charge in [-0.2, -0.15) is 0 Å². The number of carbonyl (C=O) groups excluding carboxylic acids is 1. The van der Waals surface area contributed by atoms with Crippen molar-refractivity contribution in [3.05, 3.63) is 96.1 Å². The summed E-state index contributed by atoms with van der Waals surface area (Å²) >= 11 is 0. The van der Waals surface area contributed by atoms with E-state index >= 15 is 0 Å². The summed E-state index contributed by atoms with van der Waals surface area (Å²) in [7, 11) is 1.57. The molecular formula is C23H21NO3. The zero-order valence-electron chi connectivity index (χ0n) is 15.1. The van der Waals surface area contributed by atoms with Gasteiger partial charge in [-0.1, -0.05) is 54.6 Å². The summed E-state index contributed by atoms with van der Waals surface area (Å²) in [6.45, 7) is 0.502. The molecule has 0 aromatic heterocycles. The first-order valence-corrected chi connectivity index (χ1v) is 8.63. The minimum absolute atomic E-state index is 0.227. The van der Waals surface area contributed by atoms with Crippen LogP contribution in [0.1, 0.15) is 11.1 Å². The lowest BCUT2D eigenvalue weighted by Crippen LogP contribution is -2.08. The lowest BCUT2D eigenvalue weighted by atomic mass is 10.2. The summed E-state index contributed by atoms with van der Waals surface area (Å²) in [4.78, 5) is 12.2. The highest BCUT2D eigenvalue weighted by Gasteiger charge is 2.04. The van der Waals surface area contributed by atoms with Crippen LogP contribution in [0.15, 0.2) is 84.9 Å². The number of carbonyl (C=O) groups is 1. The molecule has 0 aliphatic heterocycles. The highest BCUT2D eigenvalue weighted by molar-refractivity contribution is 6.02. The average molecular weight is 359 g/mol. The number of anilines is 1. The van der Waals surface area contributed by atoms with Crippen molar-refractivity contribution < 1.29 is 14.3 Å². The fourth-order valence-electron chi connectivity index (χ4n) is 2.54. The van der Waals surface area contributed by atoms with Crippen molar-refractivity contribution in [3.63, 3.8) is 0 Å². The van der Waals surface area contributed by atoms with E-state index < -0.39 is 0 Å². The molecule has 0 bridgehead atoms. The predicted octanol–water partition coefficient (Wildman–Crippen LogP) is 4.93. The highest BCUT2D eigenvalue weighted by Crippen LogP contribution is 2.23. The number of ether oxygens (including phenoxy) is 2. The first kappa shape index (κ1) is 18.3. The Kier molecular flexibility index (Phi) is 6.26. The van der Waals surface area contributed by atoms with Crippen LogP contribution in [0, 0.1) is 0 Å². The third-order valence-corrected chi connectivity index (χ3v) is 3.90. The van der Waals surface area contributed by atoms with E-state index in [1.807, 2.05) is 66.7 Å². The van der Waals surface area contributed by atoms with Gasteiger partial charge in [0.1, 0.15) is 18.1 Å². The molecule has 1 amide bonds. The molecule has 136 valence electrons. The fourth-order valence-corrected chi connectivity index (χ4v) is 2.54. The van der Waals surface area contributed by atoms with Crippen LogP contribution in [-0.2, 0) is 11.4 Å². The molecule has 27 heavy (non-hydrogen) atoms. The Morgan fingerprint density at radius 1 is 0.963 bits per heavy atom. The summed E-state index contributed by atoms with van der Waals surface area (Å²) in [6.07, 6.45) is 3.24. The highest BCUT2D eigenvalue weighted by atomic mass is 16.5. The monoisotopic (exact) mass is 359 g/mol. The maximum Gasteiger partial charge on any atom is 0.248 e. The number of amides is 1. The van der Waals surface area contributed by atoms with Crippen molar-refractivity contribution in [1.82, 2.24) is 0 Å². The van der Waals surface area contributed by atoms with Gasteiger partial charge in [-0.25, -0.2) is 0 Å². The summed E-state index contributed by atoms with van der Waals surface area (Å²) in [5, 5.41) is 2.81. The molecule has 0 atom stereocenters. The lowest BCUT2D eigenvalue weighted by molar-refractivity contribution is -0.111. The normalized spacial score (nSPS) is 10.6. The molecule has 0 heterocycles. The van der Waals surface area contributed by atoms with Gasteiger partial charge in [0.2, 0.25) is 5.91 Å². The predicted molar refractivity (Wildman–Crippen MR) is 108 cm³/mol. The minimum atomic E-state index is -0.227. The molecule has 0 aliphatic rings. The van der Waals surface area contributed by atoms with Gasteiger partial charge in [0, 0.05) is 6.08 Å². The Bertz CT molecular complexity index is 920. The number of nitrogens with one attached hydrogen (secondary N) is 1. The van der Waals surface area contributed by atoms with E-state index in [-0.39, 0.29) is 5.91 Å². The summed E-state index contributed by atoms with van der Waals surface area (Å²) in [5.74, 6) is 1.15. The molecule has 0 saturated carbocycles. The molecule has 4 nitrogen and oxygen atoms in total. The number of para-hydroxylation sites is 2. The molecule has 3 aromatic carbocycles. The van der Waals surface area contributed by atoms with Crippen molar-refractivity contribution in [2.24, 2.45) is 0 Å². The van der Waals surface area contributed by atoms with Gasteiger partial charge in [-0.3, -0.25) is 4.79 Å². The number of hydrogen-bond acceptors (Lipinski definition) is 3. The van der Waals surface area contributed by atoms with Gasteiger partial charge in [0.15, 0.2) is 0 Å². The fraction of sp³-hybridized carbons (Fsp3) is 0.0870. The molecule has 4 heteroatoms. The molecule has 0 saturated heterocycles. The maximum absolute atomic E-state index is 12.2. The minimum Gasteiger partial charge on any atom is -0.495 e. The van der Waals surface area contributed by atoms with Crippen LogP contribution in [0.3, 0.4) is 0 Å². The topological polar surface area (TPSA) is 47.6 Å². The Hall–Kier alpha value is -3.53. The summed E-state index contributed by atoms with van der Waals surface area (Å²) in [6, 6.07) is 24.9. The molecule has 0 unspecified atom stereocenters. The quantitative estimate of drug-likeness (QED) is 0.609. The van der Waals surface area contributed by atoms with Gasteiger partial charge in [0.25, 0.3) is 0 Å². The molecule has 0 fully saturated rings. The van der Waals surface area contributed by atoms with Gasteiger partial charge in [0.05, 0.1) is 12.8 Å². The Labute approximate surface area is 159 Å². The second kappa shape index (κ2) is 9.25. The smallest absolute Gasteiger partial charge is 0.248 e. The third-order valence-electron chi connectivity index (χ3n) is 3.90. The van der Waals surface area contributed by atoms with Crippen LogP contribution in [0.5, 0.6) is 11.5 Å². The van der Waals surface area contributed by atoms with Crippen molar-refractivity contribution in [2.75, 3.05) is 12.4 Å². The van der Waals surface area contributed by atoms with Gasteiger partial charge < -0.3 is 14.8 Å². The molecule has 0 spiro atoms. The molecule has 0 radical (unpaired) electrons. The zero-order valence-corrected chi connectivity index (χ0v) is 15.1. The Morgan fingerprint density at radius 3 is 2.56 bits per heavy atom. The van der Waals surface area contributed by atoms with E-state index in [0.717, 1.165) is 16.9 Å². The van der Waals surface area contributed by atoms with E-state index in [1.54, 1.807) is 25.3 Å². The van der Waals surface area contributed by atoms with Crippen LogP contribution < -0.4 is 14.8 Å². The van der Waals surface area contributed by atoms with Crippen LogP contribution in [0.25, 0.3) is 6.08 Å². The van der Waals surface area contributed by atoms with Gasteiger partial charge in [-0.15, -0.1) is 0 Å². The van der Waals surface area contributed by atoms with E-state index in [9.17, 15) is 4.79 Å². The number of benzene rings is 3.